The fourth-order valence-corrected chi connectivity index (χ4v) is 2.53. The van der Waals surface area contributed by atoms with Gasteiger partial charge in [0.15, 0.2) is 12.7 Å². The Balaban J connectivity index is 1.77. The van der Waals surface area contributed by atoms with Crippen LogP contribution in [-0.2, 0) is 15.0 Å². The fourth-order valence-electron chi connectivity index (χ4n) is 2.42. The lowest BCUT2D eigenvalue weighted by molar-refractivity contribution is -0.133. The molecule has 6 nitrogen and oxygen atoms in total. The second-order valence-corrected chi connectivity index (χ2v) is 8.18. The fraction of sp³-hybridized carbons (Fsp3) is 0.364. The maximum atomic E-state index is 12.1. The number of hydrazine groups is 1. The van der Waals surface area contributed by atoms with Crippen LogP contribution in [0.5, 0.6) is 11.5 Å². The first-order chi connectivity index (χ1) is 13.6. The zero-order valence-electron chi connectivity index (χ0n) is 17.3. The molecule has 29 heavy (non-hydrogen) atoms. The number of benzene rings is 2. The van der Waals surface area contributed by atoms with Crippen LogP contribution in [0.4, 0.5) is 0 Å². The Morgan fingerprint density at radius 1 is 1.03 bits per heavy atom. The van der Waals surface area contributed by atoms with Gasteiger partial charge in [0.1, 0.15) is 11.5 Å². The highest BCUT2D eigenvalue weighted by molar-refractivity contribution is 6.31. The van der Waals surface area contributed by atoms with E-state index in [1.807, 2.05) is 31.2 Å². The van der Waals surface area contributed by atoms with Gasteiger partial charge in [0.25, 0.3) is 11.8 Å². The summed E-state index contributed by atoms with van der Waals surface area (Å²) in [4.78, 5) is 24.0. The summed E-state index contributed by atoms with van der Waals surface area (Å²) in [7, 11) is 0. The van der Waals surface area contributed by atoms with E-state index in [-0.39, 0.29) is 12.0 Å². The molecule has 2 aromatic carbocycles. The van der Waals surface area contributed by atoms with Crippen LogP contribution in [0.2, 0.25) is 5.02 Å². The van der Waals surface area contributed by atoms with Crippen LogP contribution in [-0.4, -0.2) is 24.5 Å². The predicted octanol–water partition coefficient (Wildman–Crippen LogP) is 3.94. The lowest BCUT2D eigenvalue weighted by Crippen LogP contribution is -2.48. The van der Waals surface area contributed by atoms with Crippen LogP contribution in [0.25, 0.3) is 0 Å². The molecule has 0 radical (unpaired) electrons. The van der Waals surface area contributed by atoms with Crippen molar-refractivity contribution >= 4 is 23.4 Å². The Labute approximate surface area is 176 Å². The van der Waals surface area contributed by atoms with Crippen molar-refractivity contribution in [3.63, 3.8) is 0 Å². The van der Waals surface area contributed by atoms with Crippen LogP contribution in [0.1, 0.15) is 38.8 Å². The van der Waals surface area contributed by atoms with Gasteiger partial charge in [0.05, 0.1) is 0 Å². The molecule has 156 valence electrons. The van der Waals surface area contributed by atoms with Gasteiger partial charge < -0.3 is 9.47 Å². The van der Waals surface area contributed by atoms with E-state index in [0.29, 0.717) is 16.5 Å². The van der Waals surface area contributed by atoms with E-state index in [1.165, 1.54) is 5.56 Å². The van der Waals surface area contributed by atoms with Gasteiger partial charge >= 0.3 is 0 Å². The molecule has 0 fully saturated rings. The molecule has 0 aliphatic heterocycles. The molecular formula is C22H27ClN2O4. The van der Waals surface area contributed by atoms with Crippen LogP contribution < -0.4 is 20.3 Å². The molecule has 2 aromatic rings. The third kappa shape index (κ3) is 6.98. The smallest absolute Gasteiger partial charge is 0.279 e. The van der Waals surface area contributed by atoms with Crippen LogP contribution in [0.15, 0.2) is 42.5 Å². The number of amides is 2. The number of hydrogen-bond donors (Lipinski definition) is 2. The van der Waals surface area contributed by atoms with Crippen molar-refractivity contribution in [2.75, 3.05) is 6.61 Å². The molecule has 2 amide bonds. The molecular weight excluding hydrogens is 392 g/mol. The maximum absolute atomic E-state index is 12.1. The highest BCUT2D eigenvalue weighted by Crippen LogP contribution is 2.24. The summed E-state index contributed by atoms with van der Waals surface area (Å²) in [5.41, 5.74) is 6.69. The third-order valence-electron chi connectivity index (χ3n) is 4.23. The summed E-state index contributed by atoms with van der Waals surface area (Å²) in [6, 6.07) is 12.7. The lowest BCUT2D eigenvalue weighted by atomic mass is 9.87. The molecule has 1 unspecified atom stereocenters. The summed E-state index contributed by atoms with van der Waals surface area (Å²) in [6.45, 7) is 9.57. The van der Waals surface area contributed by atoms with E-state index < -0.39 is 17.9 Å². The molecule has 0 saturated carbocycles. The van der Waals surface area contributed by atoms with Crippen molar-refractivity contribution < 1.29 is 19.1 Å². The third-order valence-corrected chi connectivity index (χ3v) is 4.65. The second kappa shape index (κ2) is 9.65. The Morgan fingerprint density at radius 3 is 2.24 bits per heavy atom. The van der Waals surface area contributed by atoms with Crippen molar-refractivity contribution in [1.29, 1.82) is 0 Å². The Bertz CT molecular complexity index is 860. The van der Waals surface area contributed by atoms with Crippen molar-refractivity contribution in [3.8, 4) is 11.5 Å². The molecule has 0 aromatic heterocycles. The van der Waals surface area contributed by atoms with Gasteiger partial charge in [-0.05, 0) is 60.7 Å². The molecule has 0 heterocycles. The van der Waals surface area contributed by atoms with Gasteiger partial charge in [-0.15, -0.1) is 0 Å². The number of ether oxygens (including phenoxy) is 2. The normalized spacial score (nSPS) is 12.1. The lowest BCUT2D eigenvalue weighted by Gasteiger charge is -2.20. The Hall–Kier alpha value is -2.73. The highest BCUT2D eigenvalue weighted by atomic mass is 35.5. The first-order valence-corrected chi connectivity index (χ1v) is 9.69. The second-order valence-electron chi connectivity index (χ2n) is 7.77. The van der Waals surface area contributed by atoms with Gasteiger partial charge in [-0.3, -0.25) is 20.4 Å². The minimum atomic E-state index is -0.782. The maximum Gasteiger partial charge on any atom is 0.279 e. The standard InChI is InChI=1S/C22H27ClN2O4/c1-14-12-18(10-11-19(14)23)28-13-20(26)24-25-21(27)15(2)29-17-8-6-16(7-9-17)22(3,4)5/h6-12,15H,13H2,1-5H3,(H,24,26)(H,25,27). The van der Waals surface area contributed by atoms with Gasteiger partial charge in [-0.1, -0.05) is 44.5 Å². The van der Waals surface area contributed by atoms with Crippen LogP contribution >= 0.6 is 11.6 Å². The molecule has 2 rings (SSSR count). The van der Waals surface area contributed by atoms with E-state index in [4.69, 9.17) is 21.1 Å². The molecule has 1 atom stereocenters. The first-order valence-electron chi connectivity index (χ1n) is 9.31. The van der Waals surface area contributed by atoms with E-state index in [9.17, 15) is 9.59 Å². The molecule has 0 bridgehead atoms. The Morgan fingerprint density at radius 2 is 1.66 bits per heavy atom. The van der Waals surface area contributed by atoms with E-state index in [0.717, 1.165) is 5.56 Å². The minimum Gasteiger partial charge on any atom is -0.484 e. The average Bonchev–Trinajstić information content (AvgIpc) is 2.66. The van der Waals surface area contributed by atoms with E-state index in [2.05, 4.69) is 31.6 Å². The summed E-state index contributed by atoms with van der Waals surface area (Å²) < 4.78 is 11.0. The zero-order chi connectivity index (χ0) is 21.6. The molecule has 0 spiro atoms. The zero-order valence-corrected chi connectivity index (χ0v) is 18.1. The molecule has 0 aliphatic carbocycles. The summed E-state index contributed by atoms with van der Waals surface area (Å²) >= 11 is 5.95. The average molecular weight is 419 g/mol. The van der Waals surface area contributed by atoms with Gasteiger partial charge in [-0.25, -0.2) is 0 Å². The predicted molar refractivity (Wildman–Crippen MR) is 113 cm³/mol. The molecule has 0 saturated heterocycles. The topological polar surface area (TPSA) is 76.7 Å². The van der Waals surface area contributed by atoms with Crippen molar-refractivity contribution in [2.45, 2.75) is 46.1 Å². The highest BCUT2D eigenvalue weighted by Gasteiger charge is 2.17. The van der Waals surface area contributed by atoms with Gasteiger partial charge in [0.2, 0.25) is 0 Å². The van der Waals surface area contributed by atoms with Crippen molar-refractivity contribution in [2.24, 2.45) is 0 Å². The number of carbonyl (C=O) groups is 2. The SMILES string of the molecule is Cc1cc(OCC(=O)NNC(=O)C(C)Oc2ccc(C(C)(C)C)cc2)ccc1Cl. The van der Waals surface area contributed by atoms with Crippen molar-refractivity contribution in [1.82, 2.24) is 10.9 Å². The monoisotopic (exact) mass is 418 g/mol. The minimum absolute atomic E-state index is 0.0403. The van der Waals surface area contributed by atoms with Crippen molar-refractivity contribution in [3.05, 3.63) is 58.6 Å². The summed E-state index contributed by atoms with van der Waals surface area (Å²) in [6.07, 6.45) is -0.782. The van der Waals surface area contributed by atoms with Gasteiger partial charge in [0, 0.05) is 5.02 Å². The van der Waals surface area contributed by atoms with E-state index >= 15 is 0 Å². The molecule has 2 N–H and O–H groups in total. The van der Waals surface area contributed by atoms with Crippen LogP contribution in [0, 0.1) is 6.92 Å². The summed E-state index contributed by atoms with van der Waals surface area (Å²) in [5, 5.41) is 0.621. The molecule has 0 aliphatic rings. The number of hydrogen-bond acceptors (Lipinski definition) is 4. The van der Waals surface area contributed by atoms with Gasteiger partial charge in [-0.2, -0.15) is 0 Å². The number of rotatable bonds is 6. The Kier molecular flexibility index (Phi) is 7.51. The largest absolute Gasteiger partial charge is 0.484 e. The van der Waals surface area contributed by atoms with Crippen LogP contribution in [0.3, 0.4) is 0 Å². The summed E-state index contributed by atoms with van der Waals surface area (Å²) in [5.74, 6) is 0.130. The number of nitrogens with one attached hydrogen (secondary N) is 2. The first kappa shape index (κ1) is 22.6. The van der Waals surface area contributed by atoms with E-state index in [1.54, 1.807) is 25.1 Å². The molecule has 7 heteroatoms. The quantitative estimate of drug-likeness (QED) is 0.696. The number of halogens is 1. The number of carbonyl (C=O) groups excluding carboxylic acids is 2. The number of aryl methyl sites for hydroxylation is 1.